The van der Waals surface area contributed by atoms with Crippen LogP contribution in [-0.4, -0.2) is 17.3 Å². The summed E-state index contributed by atoms with van der Waals surface area (Å²) in [4.78, 5) is 37.4. The number of fused-ring (bicyclic) bond motifs is 1. The minimum absolute atomic E-state index is 0.0371. The van der Waals surface area contributed by atoms with Crippen LogP contribution in [0.15, 0.2) is 18.2 Å². The van der Waals surface area contributed by atoms with Crippen molar-refractivity contribution in [3.8, 4) is 0 Å². The lowest BCUT2D eigenvalue weighted by Gasteiger charge is -2.44. The summed E-state index contributed by atoms with van der Waals surface area (Å²) in [5, 5.41) is 0. The van der Waals surface area contributed by atoms with E-state index in [0.29, 0.717) is 6.42 Å². The van der Waals surface area contributed by atoms with Gasteiger partial charge in [0, 0.05) is 17.9 Å². The lowest BCUT2D eigenvalue weighted by atomic mass is 9.59. The van der Waals surface area contributed by atoms with Crippen molar-refractivity contribution < 1.29 is 14.4 Å². The zero-order valence-corrected chi connectivity index (χ0v) is 19.1. The average Bonchev–Trinajstić information content (AvgIpc) is 2.65. The Hall–Kier alpha value is -1.77. The minimum atomic E-state index is -0.0889. The molecule has 29 heavy (non-hydrogen) atoms. The molecule has 0 heterocycles. The second-order valence-electron chi connectivity index (χ2n) is 9.24. The van der Waals surface area contributed by atoms with Gasteiger partial charge in [0.05, 0.1) is 6.42 Å². The third kappa shape index (κ3) is 4.87. The molecule has 0 amide bonds. The average molecular weight is 399 g/mol. The first-order valence-electron chi connectivity index (χ1n) is 11.3. The van der Waals surface area contributed by atoms with Gasteiger partial charge in [-0.2, -0.15) is 0 Å². The Morgan fingerprint density at radius 1 is 1.21 bits per heavy atom. The second-order valence-corrected chi connectivity index (χ2v) is 9.24. The van der Waals surface area contributed by atoms with Gasteiger partial charge in [-0.1, -0.05) is 58.7 Å². The fourth-order valence-electron chi connectivity index (χ4n) is 5.53. The van der Waals surface area contributed by atoms with Crippen molar-refractivity contribution in [1.29, 1.82) is 0 Å². The van der Waals surface area contributed by atoms with E-state index in [-0.39, 0.29) is 46.9 Å². The van der Waals surface area contributed by atoms with Crippen molar-refractivity contribution in [2.75, 3.05) is 0 Å². The zero-order chi connectivity index (χ0) is 21.8. The Kier molecular flexibility index (Phi) is 7.96. The molecule has 0 aromatic heterocycles. The highest BCUT2D eigenvalue weighted by Gasteiger charge is 2.44. The molecule has 4 atom stereocenters. The van der Waals surface area contributed by atoms with E-state index in [1.54, 1.807) is 0 Å². The first-order valence-corrected chi connectivity index (χ1v) is 11.3. The highest BCUT2D eigenvalue weighted by Crippen LogP contribution is 2.48. The van der Waals surface area contributed by atoms with Crippen LogP contribution in [0.3, 0.4) is 0 Å². The first kappa shape index (κ1) is 23.5. The Labute approximate surface area is 176 Å². The van der Waals surface area contributed by atoms with Gasteiger partial charge in [0.25, 0.3) is 0 Å². The number of aryl methyl sites for hydroxylation is 1. The minimum Gasteiger partial charge on any atom is -0.300 e. The summed E-state index contributed by atoms with van der Waals surface area (Å²) in [7, 11) is 0. The van der Waals surface area contributed by atoms with Crippen molar-refractivity contribution in [2.24, 2.45) is 17.8 Å². The number of benzene rings is 1. The molecule has 3 heteroatoms. The largest absolute Gasteiger partial charge is 0.300 e. The topological polar surface area (TPSA) is 51.2 Å². The number of hydrogen-bond acceptors (Lipinski definition) is 3. The van der Waals surface area contributed by atoms with Crippen molar-refractivity contribution >= 4 is 17.3 Å². The van der Waals surface area contributed by atoms with Crippen LogP contribution in [-0.2, 0) is 15.0 Å². The fourth-order valence-corrected chi connectivity index (χ4v) is 5.53. The van der Waals surface area contributed by atoms with Crippen LogP contribution in [0.5, 0.6) is 0 Å². The van der Waals surface area contributed by atoms with E-state index in [0.717, 1.165) is 43.2 Å². The van der Waals surface area contributed by atoms with Gasteiger partial charge in [-0.25, -0.2) is 0 Å². The van der Waals surface area contributed by atoms with Crippen molar-refractivity contribution in [3.63, 3.8) is 0 Å². The molecule has 1 aliphatic carbocycles. The summed E-state index contributed by atoms with van der Waals surface area (Å²) >= 11 is 0. The van der Waals surface area contributed by atoms with E-state index in [1.165, 1.54) is 12.5 Å². The molecule has 3 nitrogen and oxygen atoms in total. The molecule has 0 radical (unpaired) electrons. The third-order valence-electron chi connectivity index (χ3n) is 7.33. The highest BCUT2D eigenvalue weighted by atomic mass is 16.1. The predicted molar refractivity (Wildman–Crippen MR) is 118 cm³/mol. The van der Waals surface area contributed by atoms with E-state index in [1.807, 2.05) is 13.0 Å². The third-order valence-corrected chi connectivity index (χ3v) is 7.33. The summed E-state index contributed by atoms with van der Waals surface area (Å²) in [6.45, 7) is 12.2. The molecule has 0 spiro atoms. The SMILES string of the molecule is CCCC(CC1CC(=O)c2c(C)cccc2C1(C)CC)C(CC)C(=O)CC(C)=O. The standard InChI is InChI=1S/C26H38O3/c1-7-11-19(21(8-2)23(28)14-18(5)27)15-20-16-24(29)25-17(4)12-10-13-22(25)26(20,6)9-3/h10,12-13,19-21H,7-9,11,14-16H2,1-6H3. The van der Waals surface area contributed by atoms with Gasteiger partial charge >= 0.3 is 0 Å². The van der Waals surface area contributed by atoms with E-state index < -0.39 is 0 Å². The Morgan fingerprint density at radius 3 is 2.45 bits per heavy atom. The molecule has 4 unspecified atom stereocenters. The van der Waals surface area contributed by atoms with Gasteiger partial charge in [-0.15, -0.1) is 0 Å². The molecular formula is C26H38O3. The summed E-state index contributed by atoms with van der Waals surface area (Å²) in [5.74, 6) is 0.632. The number of rotatable bonds is 10. The van der Waals surface area contributed by atoms with Gasteiger partial charge in [0.15, 0.2) is 5.78 Å². The molecule has 0 saturated carbocycles. The van der Waals surface area contributed by atoms with Crippen LogP contribution in [0.25, 0.3) is 0 Å². The number of carbonyl (C=O) groups excluding carboxylic acids is 3. The van der Waals surface area contributed by atoms with Gasteiger partial charge in [-0.3, -0.25) is 14.4 Å². The first-order chi connectivity index (χ1) is 13.7. The van der Waals surface area contributed by atoms with Crippen LogP contribution in [0.4, 0.5) is 0 Å². The van der Waals surface area contributed by atoms with Crippen LogP contribution in [0.1, 0.15) is 101 Å². The molecule has 0 bridgehead atoms. The zero-order valence-electron chi connectivity index (χ0n) is 19.1. The maximum atomic E-state index is 13.1. The lowest BCUT2D eigenvalue weighted by Crippen LogP contribution is -2.41. The van der Waals surface area contributed by atoms with E-state index in [4.69, 9.17) is 0 Å². The van der Waals surface area contributed by atoms with Crippen molar-refractivity contribution in [2.45, 2.75) is 91.9 Å². The molecule has 0 fully saturated rings. The molecule has 0 N–H and O–H groups in total. The van der Waals surface area contributed by atoms with Crippen molar-refractivity contribution in [3.05, 3.63) is 34.9 Å². The van der Waals surface area contributed by atoms with Gasteiger partial charge in [-0.05, 0) is 61.5 Å². The van der Waals surface area contributed by atoms with E-state index in [2.05, 4.69) is 39.8 Å². The van der Waals surface area contributed by atoms with Gasteiger partial charge < -0.3 is 0 Å². The molecule has 1 aromatic carbocycles. The maximum absolute atomic E-state index is 13.1. The molecule has 1 aliphatic rings. The maximum Gasteiger partial charge on any atom is 0.163 e. The van der Waals surface area contributed by atoms with Crippen LogP contribution in [0, 0.1) is 24.7 Å². The van der Waals surface area contributed by atoms with Gasteiger partial charge in [0.1, 0.15) is 11.6 Å². The molecule has 2 rings (SSSR count). The monoisotopic (exact) mass is 398 g/mol. The number of hydrogen-bond donors (Lipinski definition) is 0. The summed E-state index contributed by atoms with van der Waals surface area (Å²) in [6.07, 6.45) is 5.17. The number of Topliss-reactive ketones (excluding diaryl/α,β-unsaturated/α-hetero) is 3. The van der Waals surface area contributed by atoms with Crippen molar-refractivity contribution in [1.82, 2.24) is 0 Å². The molecule has 0 saturated heterocycles. The van der Waals surface area contributed by atoms with E-state index >= 15 is 0 Å². The summed E-state index contributed by atoms with van der Waals surface area (Å²) < 4.78 is 0. The predicted octanol–water partition coefficient (Wildman–Crippen LogP) is 6.25. The van der Waals surface area contributed by atoms with Crippen LogP contribution in [0.2, 0.25) is 0 Å². The highest BCUT2D eigenvalue weighted by molar-refractivity contribution is 6.01. The number of ketones is 3. The smallest absolute Gasteiger partial charge is 0.163 e. The Morgan fingerprint density at radius 2 is 1.90 bits per heavy atom. The summed E-state index contributed by atoms with van der Waals surface area (Å²) in [6, 6.07) is 6.22. The second kappa shape index (κ2) is 9.82. The number of carbonyl (C=O) groups is 3. The van der Waals surface area contributed by atoms with Crippen LogP contribution >= 0.6 is 0 Å². The molecule has 0 aliphatic heterocycles. The fraction of sp³-hybridized carbons (Fsp3) is 0.654. The quantitative estimate of drug-likeness (QED) is 0.438. The lowest BCUT2D eigenvalue weighted by molar-refractivity contribution is -0.130. The van der Waals surface area contributed by atoms with Gasteiger partial charge in [0.2, 0.25) is 0 Å². The molecule has 1 aromatic rings. The molecule has 160 valence electrons. The summed E-state index contributed by atoms with van der Waals surface area (Å²) in [5.41, 5.74) is 3.10. The normalized spacial score (nSPS) is 23.4. The Bertz CT molecular complexity index is 763. The Balaban J connectivity index is 2.39. The van der Waals surface area contributed by atoms with Crippen LogP contribution < -0.4 is 0 Å². The molecular weight excluding hydrogens is 360 g/mol. The van der Waals surface area contributed by atoms with E-state index in [9.17, 15) is 14.4 Å².